The molecule has 1 heterocycles. The van der Waals surface area contributed by atoms with Crippen molar-refractivity contribution in [1.29, 1.82) is 0 Å². The van der Waals surface area contributed by atoms with Crippen molar-refractivity contribution in [3.63, 3.8) is 0 Å². The average molecular weight is 230 g/mol. The highest BCUT2D eigenvalue weighted by molar-refractivity contribution is 5.81. The third-order valence-electron chi connectivity index (χ3n) is 2.90. The first-order chi connectivity index (χ1) is 7.65. The number of oxime groups is 1. The molecule has 0 aromatic carbocycles. The minimum Gasteiger partial charge on any atom is -0.409 e. The number of nitrogens with zero attached hydrogens (tertiary/aromatic N) is 3. The highest BCUT2D eigenvalue weighted by atomic mass is 16.5. The van der Waals surface area contributed by atoms with Crippen LogP contribution in [0.15, 0.2) is 5.16 Å². The zero-order valence-electron chi connectivity index (χ0n) is 10.1. The predicted molar refractivity (Wildman–Crippen MR) is 62.8 cm³/mol. The molecule has 0 aromatic heterocycles. The summed E-state index contributed by atoms with van der Waals surface area (Å²) in [7, 11) is 1.74. The summed E-state index contributed by atoms with van der Waals surface area (Å²) in [5.41, 5.74) is 5.47. The van der Waals surface area contributed by atoms with Crippen LogP contribution in [0.1, 0.15) is 6.92 Å². The minimum atomic E-state index is 0.274. The largest absolute Gasteiger partial charge is 0.409 e. The van der Waals surface area contributed by atoms with Gasteiger partial charge in [-0.15, -0.1) is 0 Å². The van der Waals surface area contributed by atoms with Crippen molar-refractivity contribution in [2.45, 2.75) is 13.0 Å². The van der Waals surface area contributed by atoms with E-state index in [9.17, 15) is 0 Å². The van der Waals surface area contributed by atoms with Crippen molar-refractivity contribution in [3.05, 3.63) is 0 Å². The molecule has 6 nitrogen and oxygen atoms in total. The topological polar surface area (TPSA) is 74.3 Å². The van der Waals surface area contributed by atoms with Crippen LogP contribution in [-0.2, 0) is 4.74 Å². The molecule has 0 aromatic rings. The van der Waals surface area contributed by atoms with Gasteiger partial charge in [-0.2, -0.15) is 0 Å². The highest BCUT2D eigenvalue weighted by Gasteiger charge is 2.18. The van der Waals surface area contributed by atoms with E-state index in [1.165, 1.54) is 0 Å². The van der Waals surface area contributed by atoms with Gasteiger partial charge in [0.15, 0.2) is 5.84 Å². The van der Waals surface area contributed by atoms with Crippen LogP contribution in [0.2, 0.25) is 0 Å². The fourth-order valence-corrected chi connectivity index (χ4v) is 1.83. The molecule has 3 N–H and O–H groups in total. The molecular formula is C10H22N4O2. The molecule has 1 atom stereocenters. The Bertz CT molecular complexity index is 227. The van der Waals surface area contributed by atoms with Crippen LogP contribution in [0.3, 0.4) is 0 Å². The molecule has 1 aliphatic heterocycles. The minimum absolute atomic E-state index is 0.274. The van der Waals surface area contributed by atoms with Gasteiger partial charge in [0.25, 0.3) is 0 Å². The monoisotopic (exact) mass is 230 g/mol. The number of methoxy groups -OCH3 is 1. The van der Waals surface area contributed by atoms with Crippen molar-refractivity contribution < 1.29 is 9.94 Å². The van der Waals surface area contributed by atoms with Gasteiger partial charge in [-0.3, -0.25) is 9.80 Å². The van der Waals surface area contributed by atoms with Crippen LogP contribution in [0.5, 0.6) is 0 Å². The maximum atomic E-state index is 8.48. The van der Waals surface area contributed by atoms with Crippen molar-refractivity contribution >= 4 is 5.84 Å². The number of hydrogen-bond donors (Lipinski definition) is 2. The Kier molecular flexibility index (Phi) is 5.51. The van der Waals surface area contributed by atoms with E-state index in [4.69, 9.17) is 15.7 Å². The number of nitrogens with two attached hydrogens (primary N) is 1. The highest BCUT2D eigenvalue weighted by Crippen LogP contribution is 2.03. The molecule has 1 saturated heterocycles. The molecule has 1 unspecified atom stereocenters. The molecular weight excluding hydrogens is 208 g/mol. The van der Waals surface area contributed by atoms with Crippen LogP contribution in [0.25, 0.3) is 0 Å². The lowest BCUT2D eigenvalue weighted by molar-refractivity contribution is 0.0554. The lowest BCUT2D eigenvalue weighted by Crippen LogP contribution is -2.50. The summed E-state index contributed by atoms with van der Waals surface area (Å²) in [4.78, 5) is 4.56. The van der Waals surface area contributed by atoms with Gasteiger partial charge in [0.2, 0.25) is 0 Å². The number of hydrogen-bond acceptors (Lipinski definition) is 5. The second-order valence-corrected chi connectivity index (χ2v) is 4.21. The van der Waals surface area contributed by atoms with Gasteiger partial charge in [0.1, 0.15) is 0 Å². The van der Waals surface area contributed by atoms with Crippen LogP contribution in [0.4, 0.5) is 0 Å². The molecule has 1 aliphatic rings. The van der Waals surface area contributed by atoms with Crippen molar-refractivity contribution in [2.75, 3.05) is 46.4 Å². The Labute approximate surface area is 96.6 Å². The van der Waals surface area contributed by atoms with Gasteiger partial charge < -0.3 is 15.7 Å². The maximum Gasteiger partial charge on any atom is 0.153 e. The first kappa shape index (κ1) is 13.2. The second-order valence-electron chi connectivity index (χ2n) is 4.21. The zero-order chi connectivity index (χ0) is 12.0. The first-order valence-electron chi connectivity index (χ1n) is 5.59. The summed E-state index contributed by atoms with van der Waals surface area (Å²) in [5.74, 6) is 0.277. The number of piperazine rings is 1. The Morgan fingerprint density at radius 2 is 1.94 bits per heavy atom. The van der Waals surface area contributed by atoms with E-state index in [1.807, 2.05) is 0 Å². The van der Waals surface area contributed by atoms with E-state index in [2.05, 4.69) is 21.9 Å². The molecule has 94 valence electrons. The Balaban J connectivity index is 2.23. The second kappa shape index (κ2) is 6.67. The van der Waals surface area contributed by atoms with Crippen LogP contribution >= 0.6 is 0 Å². The van der Waals surface area contributed by atoms with E-state index < -0.39 is 0 Å². The number of ether oxygens (including phenoxy) is 1. The summed E-state index contributed by atoms with van der Waals surface area (Å²) in [5, 5.41) is 11.5. The van der Waals surface area contributed by atoms with E-state index in [0.717, 1.165) is 32.7 Å². The zero-order valence-corrected chi connectivity index (χ0v) is 10.1. The van der Waals surface area contributed by atoms with E-state index in [1.54, 1.807) is 7.11 Å². The molecule has 1 fully saturated rings. The molecule has 0 saturated carbocycles. The molecule has 1 rings (SSSR count). The first-order valence-corrected chi connectivity index (χ1v) is 5.59. The number of amidine groups is 1. The van der Waals surface area contributed by atoms with Gasteiger partial charge in [-0.25, -0.2) is 0 Å². The molecule has 0 spiro atoms. The van der Waals surface area contributed by atoms with Crippen molar-refractivity contribution in [3.8, 4) is 0 Å². The number of rotatable bonds is 5. The summed E-state index contributed by atoms with van der Waals surface area (Å²) in [6, 6.07) is 0. The molecule has 0 radical (unpaired) electrons. The van der Waals surface area contributed by atoms with Gasteiger partial charge in [0.05, 0.1) is 12.6 Å². The normalized spacial score (nSPS) is 22.2. The van der Waals surface area contributed by atoms with Crippen LogP contribution in [0, 0.1) is 0 Å². The van der Waals surface area contributed by atoms with Gasteiger partial charge in [0, 0.05) is 39.8 Å². The molecule has 6 heteroatoms. The fraction of sp³-hybridized carbons (Fsp3) is 0.900. The maximum absolute atomic E-state index is 8.48. The summed E-state index contributed by atoms with van der Waals surface area (Å²) < 4.78 is 5.23. The van der Waals surface area contributed by atoms with Gasteiger partial charge in [-0.05, 0) is 6.92 Å². The molecule has 0 aliphatic carbocycles. The third-order valence-corrected chi connectivity index (χ3v) is 2.90. The summed E-state index contributed by atoms with van der Waals surface area (Å²) in [6.45, 7) is 7.50. The van der Waals surface area contributed by atoms with Gasteiger partial charge in [-0.1, -0.05) is 5.16 Å². The quantitative estimate of drug-likeness (QED) is 0.285. The fourth-order valence-electron chi connectivity index (χ4n) is 1.83. The third kappa shape index (κ3) is 4.34. The predicted octanol–water partition coefficient (Wildman–Crippen LogP) is -0.615. The average Bonchev–Trinajstić information content (AvgIpc) is 2.31. The smallest absolute Gasteiger partial charge is 0.153 e. The SMILES string of the molecule is COC(C)CN1CCN(CC(N)=NO)CC1. The molecule has 0 amide bonds. The van der Waals surface area contributed by atoms with Crippen molar-refractivity contribution in [2.24, 2.45) is 10.9 Å². The van der Waals surface area contributed by atoms with Crippen LogP contribution < -0.4 is 5.73 Å². The van der Waals surface area contributed by atoms with E-state index in [0.29, 0.717) is 6.54 Å². The lowest BCUT2D eigenvalue weighted by atomic mass is 10.2. The summed E-state index contributed by atoms with van der Waals surface area (Å²) >= 11 is 0. The van der Waals surface area contributed by atoms with E-state index >= 15 is 0 Å². The van der Waals surface area contributed by atoms with Crippen LogP contribution in [-0.4, -0.2) is 73.3 Å². The summed E-state index contributed by atoms with van der Waals surface area (Å²) in [6.07, 6.45) is 0.274. The molecule has 0 bridgehead atoms. The van der Waals surface area contributed by atoms with E-state index in [-0.39, 0.29) is 11.9 Å². The van der Waals surface area contributed by atoms with Crippen molar-refractivity contribution in [1.82, 2.24) is 9.80 Å². The lowest BCUT2D eigenvalue weighted by Gasteiger charge is -2.35. The Hall–Kier alpha value is -0.850. The Morgan fingerprint density at radius 1 is 1.38 bits per heavy atom. The standard InChI is InChI=1S/C10H22N4O2/c1-9(16-2)7-13-3-5-14(6-4-13)8-10(11)12-15/h9,15H,3-8H2,1-2H3,(H2,11,12). The molecule has 16 heavy (non-hydrogen) atoms. The van der Waals surface area contributed by atoms with Gasteiger partial charge >= 0.3 is 0 Å². The Morgan fingerprint density at radius 3 is 2.44 bits per heavy atom.